The normalized spacial score (nSPS) is 10.5. The Hall–Kier alpha value is -1.96. The monoisotopic (exact) mass is 327 g/mol. The van der Waals surface area contributed by atoms with Crippen molar-refractivity contribution in [2.45, 2.75) is 0 Å². The second-order valence-electron chi connectivity index (χ2n) is 4.81. The van der Waals surface area contributed by atoms with Crippen molar-refractivity contribution in [3.63, 3.8) is 0 Å². The van der Waals surface area contributed by atoms with Gasteiger partial charge >= 0.3 is 0 Å². The van der Waals surface area contributed by atoms with Gasteiger partial charge in [0.1, 0.15) is 5.75 Å². The van der Waals surface area contributed by atoms with Crippen LogP contribution < -0.4 is 4.74 Å². The van der Waals surface area contributed by atoms with E-state index >= 15 is 0 Å². The smallest absolute Gasteiger partial charge is 0.127 e. The maximum atomic E-state index is 5.99. The van der Waals surface area contributed by atoms with Crippen LogP contribution in [0.5, 0.6) is 5.75 Å². The molecule has 3 aromatic rings. The molecule has 0 bridgehead atoms. The Balaban J connectivity index is 2.22. The van der Waals surface area contributed by atoms with Crippen LogP contribution in [0.3, 0.4) is 0 Å². The summed E-state index contributed by atoms with van der Waals surface area (Å²) in [5.41, 5.74) is 4.03. The molecule has 0 spiro atoms. The van der Waals surface area contributed by atoms with Crippen molar-refractivity contribution < 1.29 is 4.74 Å². The molecule has 3 aromatic carbocycles. The Kier molecular flexibility index (Phi) is 4.37. The first-order chi connectivity index (χ1) is 10.7. The van der Waals surface area contributed by atoms with E-state index in [4.69, 9.17) is 27.9 Å². The third-order valence-corrected chi connectivity index (χ3v) is 3.95. The first-order valence-electron chi connectivity index (χ1n) is 6.79. The topological polar surface area (TPSA) is 9.23 Å². The Labute approximate surface area is 140 Å². The van der Waals surface area contributed by atoms with Crippen molar-refractivity contribution >= 4 is 23.2 Å². The summed E-state index contributed by atoms with van der Waals surface area (Å²) in [4.78, 5) is 0. The number of rotatable bonds is 3. The molecule has 3 rings (SSSR count). The van der Waals surface area contributed by atoms with E-state index in [0.717, 1.165) is 28.0 Å². The van der Waals surface area contributed by atoms with Gasteiger partial charge in [0.05, 0.1) is 7.11 Å². The van der Waals surface area contributed by atoms with Crippen LogP contribution in [0.25, 0.3) is 22.3 Å². The summed E-state index contributed by atoms with van der Waals surface area (Å²) in [6.45, 7) is 0. The largest absolute Gasteiger partial charge is 0.496 e. The molecule has 0 saturated heterocycles. The molecule has 0 aliphatic rings. The Morgan fingerprint density at radius 2 is 1.32 bits per heavy atom. The molecule has 0 fully saturated rings. The van der Waals surface area contributed by atoms with E-state index in [1.54, 1.807) is 7.11 Å². The predicted octanol–water partition coefficient (Wildman–Crippen LogP) is 6.14. The van der Waals surface area contributed by atoms with E-state index in [2.05, 4.69) is 6.07 Å². The van der Waals surface area contributed by atoms with Gasteiger partial charge in [-0.1, -0.05) is 53.5 Å². The molecule has 3 heteroatoms. The maximum absolute atomic E-state index is 5.99. The minimum atomic E-state index is 0.704. The molecule has 1 nitrogen and oxygen atoms in total. The van der Waals surface area contributed by atoms with Crippen LogP contribution in [0, 0.1) is 6.07 Å². The first kappa shape index (κ1) is 15.0. The highest BCUT2D eigenvalue weighted by Gasteiger charge is 2.13. The molecular formula is C19H13Cl2O. The van der Waals surface area contributed by atoms with Crippen molar-refractivity contribution in [2.75, 3.05) is 7.11 Å². The lowest BCUT2D eigenvalue weighted by Crippen LogP contribution is -1.92. The summed E-state index contributed by atoms with van der Waals surface area (Å²) in [6.07, 6.45) is 0. The molecule has 22 heavy (non-hydrogen) atoms. The zero-order chi connectivity index (χ0) is 15.5. The van der Waals surface area contributed by atoms with Crippen LogP contribution >= 0.6 is 23.2 Å². The van der Waals surface area contributed by atoms with Gasteiger partial charge in [-0.3, -0.25) is 0 Å². The Morgan fingerprint density at radius 3 is 1.86 bits per heavy atom. The van der Waals surface area contributed by atoms with Crippen LogP contribution in [0.2, 0.25) is 10.0 Å². The minimum Gasteiger partial charge on any atom is -0.496 e. The Morgan fingerprint density at radius 1 is 0.773 bits per heavy atom. The number of hydrogen-bond acceptors (Lipinski definition) is 1. The molecule has 0 N–H and O–H groups in total. The summed E-state index contributed by atoms with van der Waals surface area (Å²) in [5, 5.41) is 1.41. The quantitative estimate of drug-likeness (QED) is 0.561. The number of benzene rings is 3. The molecule has 0 amide bonds. The third kappa shape index (κ3) is 2.96. The fourth-order valence-electron chi connectivity index (χ4n) is 2.40. The van der Waals surface area contributed by atoms with Crippen LogP contribution in [0.1, 0.15) is 0 Å². The zero-order valence-corrected chi connectivity index (χ0v) is 13.4. The van der Waals surface area contributed by atoms with E-state index in [0.29, 0.717) is 10.0 Å². The lowest BCUT2D eigenvalue weighted by Gasteiger charge is -2.14. The first-order valence-corrected chi connectivity index (χ1v) is 7.55. The van der Waals surface area contributed by atoms with Gasteiger partial charge in [-0.15, -0.1) is 0 Å². The minimum absolute atomic E-state index is 0.704. The SMILES string of the molecule is COc1cc[c]c(-c2ccc(Cl)cc2)c1-c1ccc(Cl)cc1. The lowest BCUT2D eigenvalue weighted by molar-refractivity contribution is 0.416. The van der Waals surface area contributed by atoms with Crippen LogP contribution in [0.4, 0.5) is 0 Å². The average molecular weight is 328 g/mol. The van der Waals surface area contributed by atoms with E-state index < -0.39 is 0 Å². The maximum Gasteiger partial charge on any atom is 0.127 e. The van der Waals surface area contributed by atoms with Gasteiger partial charge in [-0.25, -0.2) is 0 Å². The van der Waals surface area contributed by atoms with Crippen molar-refractivity contribution in [1.82, 2.24) is 0 Å². The summed E-state index contributed by atoms with van der Waals surface area (Å²) in [7, 11) is 1.67. The van der Waals surface area contributed by atoms with Crippen molar-refractivity contribution in [2.24, 2.45) is 0 Å². The van der Waals surface area contributed by atoms with Gasteiger partial charge in [-0.2, -0.15) is 0 Å². The van der Waals surface area contributed by atoms with Crippen molar-refractivity contribution in [1.29, 1.82) is 0 Å². The van der Waals surface area contributed by atoms with Crippen LogP contribution in [-0.2, 0) is 0 Å². The highest BCUT2D eigenvalue weighted by atomic mass is 35.5. The van der Waals surface area contributed by atoms with Gasteiger partial charge in [0, 0.05) is 21.2 Å². The molecule has 0 heterocycles. The summed E-state index contributed by atoms with van der Waals surface area (Å²) < 4.78 is 5.54. The molecule has 0 saturated carbocycles. The lowest BCUT2D eigenvalue weighted by atomic mass is 9.94. The highest BCUT2D eigenvalue weighted by molar-refractivity contribution is 6.31. The fourth-order valence-corrected chi connectivity index (χ4v) is 2.65. The molecule has 109 valence electrons. The van der Waals surface area contributed by atoms with Gasteiger partial charge < -0.3 is 4.74 Å². The van der Waals surface area contributed by atoms with Gasteiger partial charge in [0.2, 0.25) is 0 Å². The standard InChI is InChI=1S/C19H13Cl2O/c1-22-18-4-2-3-17(13-5-9-15(20)10-6-13)19(18)14-7-11-16(21)12-8-14/h2,4-12H,1H3. The van der Waals surface area contributed by atoms with Crippen molar-refractivity contribution in [3.8, 4) is 28.0 Å². The van der Waals surface area contributed by atoms with Crippen molar-refractivity contribution in [3.05, 3.63) is 76.8 Å². The number of halogens is 2. The third-order valence-electron chi connectivity index (χ3n) is 3.44. The summed E-state index contributed by atoms with van der Waals surface area (Å²) in [6, 6.07) is 22.5. The molecule has 0 unspecified atom stereocenters. The van der Waals surface area contributed by atoms with Gasteiger partial charge in [-0.05, 0) is 47.5 Å². The molecular weight excluding hydrogens is 315 g/mol. The van der Waals surface area contributed by atoms with E-state index in [9.17, 15) is 0 Å². The van der Waals surface area contributed by atoms with Gasteiger partial charge in [0.25, 0.3) is 0 Å². The predicted molar refractivity (Wildman–Crippen MR) is 92.7 cm³/mol. The fraction of sp³-hybridized carbons (Fsp3) is 0.0526. The molecule has 0 aromatic heterocycles. The number of ether oxygens (including phenoxy) is 1. The van der Waals surface area contributed by atoms with E-state index in [1.165, 1.54) is 0 Å². The summed E-state index contributed by atoms with van der Waals surface area (Å²) >= 11 is 12.0. The van der Waals surface area contributed by atoms with E-state index in [-0.39, 0.29) is 0 Å². The highest BCUT2D eigenvalue weighted by Crippen LogP contribution is 2.39. The second-order valence-corrected chi connectivity index (χ2v) is 5.68. The second kappa shape index (κ2) is 6.43. The van der Waals surface area contributed by atoms with E-state index in [1.807, 2.05) is 60.7 Å². The number of methoxy groups -OCH3 is 1. The van der Waals surface area contributed by atoms with Crippen LogP contribution in [0.15, 0.2) is 60.7 Å². The van der Waals surface area contributed by atoms with Crippen LogP contribution in [-0.4, -0.2) is 7.11 Å². The average Bonchev–Trinajstić information content (AvgIpc) is 2.56. The molecule has 0 atom stereocenters. The zero-order valence-electron chi connectivity index (χ0n) is 11.9. The Bertz CT molecular complexity index is 778. The van der Waals surface area contributed by atoms with Gasteiger partial charge in [0.15, 0.2) is 0 Å². The molecule has 0 aliphatic heterocycles. The number of hydrogen-bond donors (Lipinski definition) is 0. The molecule has 0 aliphatic carbocycles. The molecule has 1 radical (unpaired) electrons. The summed E-state index contributed by atoms with van der Waals surface area (Å²) in [5.74, 6) is 0.797.